The molecule has 5 heterocycles. The van der Waals surface area contributed by atoms with Crippen LogP contribution in [0.2, 0.25) is 0 Å². The summed E-state index contributed by atoms with van der Waals surface area (Å²) in [4.78, 5) is 16.5. The molecule has 4 saturated heterocycles. The fourth-order valence-electron chi connectivity index (χ4n) is 5.49. The number of para-hydroxylation sites is 1. The van der Waals surface area contributed by atoms with Crippen LogP contribution in [-0.4, -0.2) is 83.3 Å². The highest BCUT2D eigenvalue weighted by molar-refractivity contribution is 7.80. The lowest BCUT2D eigenvalue weighted by Crippen LogP contribution is -2.59. The van der Waals surface area contributed by atoms with Crippen molar-refractivity contribution in [3.8, 4) is 0 Å². The molecule has 2 aromatic rings. The molecular weight excluding hydrogens is 418 g/mol. The molecule has 4 aliphatic rings. The maximum atomic E-state index is 5.51. The number of benzene rings is 1. The van der Waals surface area contributed by atoms with Crippen molar-refractivity contribution < 1.29 is 0 Å². The maximum Gasteiger partial charge on any atom is 0.225 e. The van der Waals surface area contributed by atoms with Gasteiger partial charge >= 0.3 is 0 Å². The first-order valence-corrected chi connectivity index (χ1v) is 12.2. The number of piperazine rings is 1. The first-order valence-electron chi connectivity index (χ1n) is 11.8. The first-order chi connectivity index (χ1) is 15.7. The SMILES string of the molecule is S=C(NCC1CC2CCN1CC2CN1CCN(c2ncccn2)CC1)Nc1ccccc1. The minimum atomic E-state index is 0.590. The highest BCUT2D eigenvalue weighted by Crippen LogP contribution is 2.36. The van der Waals surface area contributed by atoms with Gasteiger partial charge in [-0.25, -0.2) is 9.97 Å². The lowest BCUT2D eigenvalue weighted by molar-refractivity contribution is -0.0110. The molecule has 2 bridgehead atoms. The lowest BCUT2D eigenvalue weighted by atomic mass is 9.75. The van der Waals surface area contributed by atoms with Gasteiger partial charge in [-0.2, -0.15) is 0 Å². The van der Waals surface area contributed by atoms with Gasteiger partial charge in [0.25, 0.3) is 0 Å². The van der Waals surface area contributed by atoms with Gasteiger partial charge in [0.1, 0.15) is 0 Å². The fraction of sp³-hybridized carbons (Fsp3) is 0.542. The Morgan fingerprint density at radius 1 is 1.00 bits per heavy atom. The van der Waals surface area contributed by atoms with E-state index in [2.05, 4.69) is 35.3 Å². The van der Waals surface area contributed by atoms with Crippen molar-refractivity contribution in [2.45, 2.75) is 18.9 Å². The van der Waals surface area contributed by atoms with E-state index in [9.17, 15) is 0 Å². The summed E-state index contributed by atoms with van der Waals surface area (Å²) >= 11 is 5.51. The van der Waals surface area contributed by atoms with Gasteiger partial charge < -0.3 is 15.5 Å². The van der Waals surface area contributed by atoms with Crippen LogP contribution >= 0.6 is 12.2 Å². The van der Waals surface area contributed by atoms with Gasteiger partial charge in [-0.1, -0.05) is 18.2 Å². The molecule has 1 aromatic heterocycles. The maximum absolute atomic E-state index is 5.51. The smallest absolute Gasteiger partial charge is 0.225 e. The van der Waals surface area contributed by atoms with E-state index in [4.69, 9.17) is 12.2 Å². The third-order valence-electron chi connectivity index (χ3n) is 7.24. The van der Waals surface area contributed by atoms with Gasteiger partial charge in [-0.15, -0.1) is 0 Å². The van der Waals surface area contributed by atoms with Gasteiger partial charge in [0.05, 0.1) is 0 Å². The molecule has 6 rings (SSSR count). The number of anilines is 2. The van der Waals surface area contributed by atoms with Crippen molar-refractivity contribution in [2.75, 3.05) is 62.6 Å². The summed E-state index contributed by atoms with van der Waals surface area (Å²) in [7, 11) is 0. The molecule has 32 heavy (non-hydrogen) atoms. The predicted molar refractivity (Wildman–Crippen MR) is 133 cm³/mol. The zero-order valence-electron chi connectivity index (χ0n) is 18.6. The number of thiocarbonyl (C=S) groups is 1. The van der Waals surface area contributed by atoms with Gasteiger partial charge in [0.15, 0.2) is 5.11 Å². The van der Waals surface area contributed by atoms with Crippen LogP contribution in [0.4, 0.5) is 11.6 Å². The van der Waals surface area contributed by atoms with Crippen molar-refractivity contribution in [3.05, 3.63) is 48.8 Å². The minimum absolute atomic E-state index is 0.590. The van der Waals surface area contributed by atoms with E-state index in [-0.39, 0.29) is 0 Å². The van der Waals surface area contributed by atoms with Crippen molar-refractivity contribution in [3.63, 3.8) is 0 Å². The third kappa shape index (κ3) is 5.19. The van der Waals surface area contributed by atoms with Crippen LogP contribution < -0.4 is 15.5 Å². The van der Waals surface area contributed by atoms with Crippen LogP contribution in [0, 0.1) is 11.8 Å². The third-order valence-corrected chi connectivity index (χ3v) is 7.49. The van der Waals surface area contributed by atoms with E-state index in [1.807, 2.05) is 48.8 Å². The lowest BCUT2D eigenvalue weighted by Gasteiger charge is -2.51. The summed E-state index contributed by atoms with van der Waals surface area (Å²) in [5.74, 6) is 2.48. The molecule has 0 spiro atoms. The zero-order chi connectivity index (χ0) is 21.8. The molecule has 0 aliphatic carbocycles. The molecule has 0 saturated carbocycles. The van der Waals surface area contributed by atoms with Gasteiger partial charge in [-0.3, -0.25) is 9.80 Å². The molecule has 1 aromatic carbocycles. The van der Waals surface area contributed by atoms with E-state index in [1.165, 1.54) is 32.5 Å². The van der Waals surface area contributed by atoms with E-state index >= 15 is 0 Å². The van der Waals surface area contributed by atoms with E-state index in [0.717, 1.165) is 61.3 Å². The van der Waals surface area contributed by atoms with Crippen LogP contribution in [0.3, 0.4) is 0 Å². The fourth-order valence-corrected chi connectivity index (χ4v) is 5.69. The van der Waals surface area contributed by atoms with Gasteiger partial charge in [-0.05, 0) is 61.6 Å². The highest BCUT2D eigenvalue weighted by Gasteiger charge is 2.40. The van der Waals surface area contributed by atoms with Crippen LogP contribution in [-0.2, 0) is 0 Å². The summed E-state index contributed by atoms with van der Waals surface area (Å²) in [6, 6.07) is 12.6. The van der Waals surface area contributed by atoms with E-state index < -0.39 is 0 Å². The van der Waals surface area contributed by atoms with Gasteiger partial charge in [0, 0.05) is 69.9 Å². The Morgan fingerprint density at radius 2 is 1.78 bits per heavy atom. The topological polar surface area (TPSA) is 59.6 Å². The Bertz CT molecular complexity index is 872. The van der Waals surface area contributed by atoms with E-state index in [0.29, 0.717) is 6.04 Å². The molecule has 4 fully saturated rings. The molecule has 4 atom stereocenters. The Morgan fingerprint density at radius 3 is 2.50 bits per heavy atom. The van der Waals surface area contributed by atoms with Crippen LogP contribution in [0.5, 0.6) is 0 Å². The quantitative estimate of drug-likeness (QED) is 0.649. The monoisotopic (exact) mass is 451 g/mol. The number of nitrogens with zero attached hydrogens (tertiary/aromatic N) is 5. The molecule has 170 valence electrons. The first kappa shape index (κ1) is 21.6. The van der Waals surface area contributed by atoms with E-state index in [1.54, 1.807) is 0 Å². The average Bonchev–Trinajstić information content (AvgIpc) is 2.85. The number of fused-ring (bicyclic) bond motifs is 3. The zero-order valence-corrected chi connectivity index (χ0v) is 19.4. The van der Waals surface area contributed by atoms with Gasteiger partial charge in [0.2, 0.25) is 5.95 Å². The summed E-state index contributed by atoms with van der Waals surface area (Å²) in [5, 5.41) is 7.46. The second-order valence-electron chi connectivity index (χ2n) is 9.23. The highest BCUT2D eigenvalue weighted by atomic mass is 32.1. The molecule has 8 heteroatoms. The van der Waals surface area contributed by atoms with Crippen LogP contribution in [0.1, 0.15) is 12.8 Å². The number of hydrogen-bond acceptors (Lipinski definition) is 6. The number of rotatable bonds is 6. The second-order valence-corrected chi connectivity index (χ2v) is 9.64. The molecule has 4 unspecified atom stereocenters. The summed E-state index contributed by atoms with van der Waals surface area (Å²) < 4.78 is 0. The molecule has 0 radical (unpaired) electrons. The molecule has 7 nitrogen and oxygen atoms in total. The number of piperidine rings is 3. The largest absolute Gasteiger partial charge is 0.361 e. The van der Waals surface area contributed by atoms with Crippen molar-refractivity contribution in [2.24, 2.45) is 11.8 Å². The van der Waals surface area contributed by atoms with Crippen molar-refractivity contribution in [1.82, 2.24) is 25.1 Å². The molecule has 0 amide bonds. The molecule has 4 aliphatic heterocycles. The van der Waals surface area contributed by atoms with Crippen molar-refractivity contribution in [1.29, 1.82) is 0 Å². The van der Waals surface area contributed by atoms with Crippen molar-refractivity contribution >= 4 is 29.0 Å². The Kier molecular flexibility index (Phi) is 6.80. The standard InChI is InChI=1S/C24H33N7S/c32-24(28-21-5-2-1-3-6-21)27-16-22-15-19-7-10-31(22)18-20(19)17-29-11-13-30(14-12-29)23-25-8-4-9-26-23/h1-6,8-9,19-20,22H,7,10-18H2,(H2,27,28,32). The second kappa shape index (κ2) is 10.1. The summed E-state index contributed by atoms with van der Waals surface area (Å²) in [5.41, 5.74) is 1.04. The average molecular weight is 452 g/mol. The Hall–Kier alpha value is -2.29. The number of aromatic nitrogens is 2. The Balaban J connectivity index is 1.06. The Labute approximate surface area is 196 Å². The molecular formula is C24H33N7S. The number of nitrogens with one attached hydrogen (secondary N) is 2. The summed E-state index contributed by atoms with van der Waals surface area (Å²) in [6.45, 7) is 8.84. The van der Waals surface area contributed by atoms with Crippen LogP contribution in [0.15, 0.2) is 48.8 Å². The normalized spacial score (nSPS) is 27.8. The molecule has 2 N–H and O–H groups in total. The minimum Gasteiger partial charge on any atom is -0.361 e. The predicted octanol–water partition coefficient (Wildman–Crippen LogP) is 2.30. The summed E-state index contributed by atoms with van der Waals surface area (Å²) in [6.07, 6.45) is 6.28. The number of hydrogen-bond donors (Lipinski definition) is 2. The van der Waals surface area contributed by atoms with Crippen LogP contribution in [0.25, 0.3) is 0 Å².